The molecule has 1 heterocycles. The number of carboxylic acids is 1. The highest BCUT2D eigenvalue weighted by molar-refractivity contribution is 7.13. The van der Waals surface area contributed by atoms with Gasteiger partial charge in [0, 0.05) is 10.9 Å². The molecule has 0 radical (unpaired) electrons. The SMILES string of the molecule is O=C(O)CC(NC(=O)c1csc(-c2ccccc2F)n1)c1ccc(F)cc1. The molecule has 0 bridgehead atoms. The van der Waals surface area contributed by atoms with Crippen molar-refractivity contribution in [2.24, 2.45) is 0 Å². The van der Waals surface area contributed by atoms with Crippen molar-refractivity contribution in [3.63, 3.8) is 0 Å². The first-order valence-corrected chi connectivity index (χ1v) is 8.80. The molecule has 0 spiro atoms. The second-order valence-corrected chi connectivity index (χ2v) is 6.55. The molecule has 0 aliphatic heterocycles. The molecule has 1 aromatic heterocycles. The van der Waals surface area contributed by atoms with E-state index >= 15 is 0 Å². The number of carboxylic acid groups (broad SMARTS) is 1. The van der Waals surface area contributed by atoms with Gasteiger partial charge in [-0.2, -0.15) is 0 Å². The molecule has 1 amide bonds. The first-order chi connectivity index (χ1) is 12.9. The van der Waals surface area contributed by atoms with Crippen molar-refractivity contribution in [2.75, 3.05) is 0 Å². The molecule has 1 atom stereocenters. The van der Waals surface area contributed by atoms with Gasteiger partial charge >= 0.3 is 5.97 Å². The van der Waals surface area contributed by atoms with Crippen LogP contribution in [0.3, 0.4) is 0 Å². The van der Waals surface area contributed by atoms with Gasteiger partial charge in [-0.05, 0) is 29.8 Å². The summed E-state index contributed by atoms with van der Waals surface area (Å²) >= 11 is 1.11. The molecule has 3 rings (SSSR count). The molecule has 27 heavy (non-hydrogen) atoms. The van der Waals surface area contributed by atoms with Crippen LogP contribution in [0, 0.1) is 11.6 Å². The molecule has 138 valence electrons. The topological polar surface area (TPSA) is 79.3 Å². The average molecular weight is 388 g/mol. The number of nitrogens with zero attached hydrogens (tertiary/aromatic N) is 1. The van der Waals surface area contributed by atoms with Gasteiger partial charge in [-0.25, -0.2) is 13.8 Å². The van der Waals surface area contributed by atoms with Crippen molar-refractivity contribution < 1.29 is 23.5 Å². The van der Waals surface area contributed by atoms with E-state index in [0.29, 0.717) is 10.6 Å². The Hall–Kier alpha value is -3.13. The molecule has 0 fully saturated rings. The normalized spacial score (nSPS) is 11.8. The van der Waals surface area contributed by atoms with Gasteiger partial charge < -0.3 is 10.4 Å². The minimum Gasteiger partial charge on any atom is -0.481 e. The summed E-state index contributed by atoms with van der Waals surface area (Å²) < 4.78 is 27.0. The third-order valence-electron chi connectivity index (χ3n) is 3.80. The van der Waals surface area contributed by atoms with E-state index < -0.39 is 29.6 Å². The molecule has 3 aromatic rings. The molecule has 8 heteroatoms. The largest absolute Gasteiger partial charge is 0.481 e. The van der Waals surface area contributed by atoms with Crippen LogP contribution in [0.5, 0.6) is 0 Å². The summed E-state index contributed by atoms with van der Waals surface area (Å²) in [6.45, 7) is 0. The fourth-order valence-corrected chi connectivity index (χ4v) is 3.32. The third-order valence-corrected chi connectivity index (χ3v) is 4.67. The molecular weight excluding hydrogens is 374 g/mol. The van der Waals surface area contributed by atoms with Crippen LogP contribution in [0.1, 0.15) is 28.5 Å². The van der Waals surface area contributed by atoms with Crippen molar-refractivity contribution in [3.05, 3.63) is 76.8 Å². The summed E-state index contributed by atoms with van der Waals surface area (Å²) in [5, 5.41) is 13.5. The second kappa shape index (κ2) is 8.05. The van der Waals surface area contributed by atoms with E-state index in [1.807, 2.05) is 0 Å². The van der Waals surface area contributed by atoms with Crippen molar-refractivity contribution in [1.82, 2.24) is 10.3 Å². The number of aliphatic carboxylic acids is 1. The van der Waals surface area contributed by atoms with E-state index in [1.165, 1.54) is 35.7 Å². The number of nitrogens with one attached hydrogen (secondary N) is 1. The van der Waals surface area contributed by atoms with Gasteiger partial charge in [0.15, 0.2) is 0 Å². The second-order valence-electron chi connectivity index (χ2n) is 5.69. The van der Waals surface area contributed by atoms with Crippen molar-refractivity contribution in [2.45, 2.75) is 12.5 Å². The molecule has 1 unspecified atom stereocenters. The highest BCUT2D eigenvalue weighted by atomic mass is 32.1. The number of aromatic nitrogens is 1. The van der Waals surface area contributed by atoms with E-state index in [1.54, 1.807) is 18.2 Å². The quantitative estimate of drug-likeness (QED) is 0.668. The molecule has 0 saturated heterocycles. The Labute approximate surface area is 157 Å². The fourth-order valence-electron chi connectivity index (χ4n) is 2.49. The maximum atomic E-state index is 13.9. The maximum Gasteiger partial charge on any atom is 0.305 e. The molecular formula is C19H14F2N2O3S. The highest BCUT2D eigenvalue weighted by Crippen LogP contribution is 2.26. The van der Waals surface area contributed by atoms with Gasteiger partial charge in [0.2, 0.25) is 0 Å². The van der Waals surface area contributed by atoms with E-state index in [0.717, 1.165) is 11.3 Å². The molecule has 5 nitrogen and oxygen atoms in total. The lowest BCUT2D eigenvalue weighted by molar-refractivity contribution is -0.137. The standard InChI is InChI=1S/C19H14F2N2O3S/c20-12-7-5-11(6-8-12)15(9-17(24)25)22-18(26)16-10-27-19(23-16)13-3-1-2-4-14(13)21/h1-8,10,15H,9H2,(H,22,26)(H,24,25). The predicted octanol–water partition coefficient (Wildman–Crippen LogP) is 4.03. The van der Waals surface area contributed by atoms with Gasteiger partial charge in [-0.15, -0.1) is 11.3 Å². The predicted molar refractivity (Wildman–Crippen MR) is 96.4 cm³/mol. The van der Waals surface area contributed by atoms with Crippen LogP contribution in [-0.4, -0.2) is 22.0 Å². The molecule has 0 aliphatic rings. The minimum absolute atomic E-state index is 0.0516. The van der Waals surface area contributed by atoms with Gasteiger partial charge in [-0.1, -0.05) is 24.3 Å². The zero-order valence-corrected chi connectivity index (χ0v) is 14.7. The summed E-state index contributed by atoms with van der Waals surface area (Å²) in [7, 11) is 0. The summed E-state index contributed by atoms with van der Waals surface area (Å²) in [5.74, 6) is -2.62. The van der Waals surface area contributed by atoms with Gasteiger partial charge in [0.25, 0.3) is 5.91 Å². The number of hydrogen-bond donors (Lipinski definition) is 2. The van der Waals surface area contributed by atoms with Crippen LogP contribution >= 0.6 is 11.3 Å². The number of thiazole rings is 1. The highest BCUT2D eigenvalue weighted by Gasteiger charge is 2.21. The van der Waals surface area contributed by atoms with Crippen LogP contribution < -0.4 is 5.32 Å². The van der Waals surface area contributed by atoms with E-state index in [4.69, 9.17) is 5.11 Å². The number of amides is 1. The van der Waals surface area contributed by atoms with Gasteiger partial charge in [0.1, 0.15) is 22.3 Å². The Morgan fingerprint density at radius 2 is 1.81 bits per heavy atom. The van der Waals surface area contributed by atoms with E-state index in [-0.39, 0.29) is 17.7 Å². The van der Waals surface area contributed by atoms with Gasteiger partial charge in [0.05, 0.1) is 12.5 Å². The molecule has 2 N–H and O–H groups in total. The van der Waals surface area contributed by atoms with E-state index in [9.17, 15) is 18.4 Å². The fraction of sp³-hybridized carbons (Fsp3) is 0.105. The van der Waals surface area contributed by atoms with Gasteiger partial charge in [-0.3, -0.25) is 9.59 Å². The lowest BCUT2D eigenvalue weighted by atomic mass is 10.0. The lowest BCUT2D eigenvalue weighted by Gasteiger charge is -2.16. The Kier molecular flexibility index (Phi) is 5.56. The summed E-state index contributed by atoms with van der Waals surface area (Å²) in [6, 6.07) is 10.4. The number of carbonyl (C=O) groups excluding carboxylic acids is 1. The molecule has 2 aromatic carbocycles. The monoisotopic (exact) mass is 388 g/mol. The third kappa shape index (κ3) is 4.53. The Morgan fingerprint density at radius 3 is 2.48 bits per heavy atom. The number of carbonyl (C=O) groups is 2. The first-order valence-electron chi connectivity index (χ1n) is 7.92. The summed E-state index contributed by atoms with van der Waals surface area (Å²) in [5.41, 5.74) is 0.787. The Balaban J connectivity index is 1.81. The van der Waals surface area contributed by atoms with Crippen LogP contribution in [0.15, 0.2) is 53.9 Å². The van der Waals surface area contributed by atoms with Crippen molar-refractivity contribution in [1.29, 1.82) is 0 Å². The summed E-state index contributed by atoms with van der Waals surface area (Å²) in [6.07, 6.45) is -0.373. The number of halogens is 2. The lowest BCUT2D eigenvalue weighted by Crippen LogP contribution is -2.30. The first kappa shape index (κ1) is 18.7. The molecule has 0 saturated carbocycles. The summed E-state index contributed by atoms with van der Waals surface area (Å²) in [4.78, 5) is 27.7. The Morgan fingerprint density at radius 1 is 1.11 bits per heavy atom. The Bertz CT molecular complexity index is 973. The molecule has 0 aliphatic carbocycles. The number of rotatable bonds is 6. The smallest absolute Gasteiger partial charge is 0.305 e. The van der Waals surface area contributed by atoms with E-state index in [2.05, 4.69) is 10.3 Å². The van der Waals surface area contributed by atoms with Crippen molar-refractivity contribution in [3.8, 4) is 10.6 Å². The van der Waals surface area contributed by atoms with Crippen LogP contribution in [0.2, 0.25) is 0 Å². The zero-order valence-electron chi connectivity index (χ0n) is 13.9. The minimum atomic E-state index is -1.12. The number of benzene rings is 2. The average Bonchev–Trinajstić information content (AvgIpc) is 3.12. The van der Waals surface area contributed by atoms with Crippen LogP contribution in [0.4, 0.5) is 8.78 Å². The zero-order chi connectivity index (χ0) is 19.4. The van der Waals surface area contributed by atoms with Crippen LogP contribution in [-0.2, 0) is 4.79 Å². The van der Waals surface area contributed by atoms with Crippen molar-refractivity contribution >= 4 is 23.2 Å². The maximum absolute atomic E-state index is 13.9. The van der Waals surface area contributed by atoms with Crippen LogP contribution in [0.25, 0.3) is 10.6 Å². The number of hydrogen-bond acceptors (Lipinski definition) is 4.